The first-order valence-electron chi connectivity index (χ1n) is 4.64. The minimum absolute atomic E-state index is 0.147. The van der Waals surface area contributed by atoms with Crippen LogP contribution >= 0.6 is 22.9 Å². The molecule has 80 valence electrons. The molecule has 2 nitrogen and oxygen atoms in total. The van der Waals surface area contributed by atoms with Crippen LogP contribution in [0.3, 0.4) is 0 Å². The predicted molar refractivity (Wildman–Crippen MR) is 61.9 cm³/mol. The van der Waals surface area contributed by atoms with Gasteiger partial charge in [-0.2, -0.15) is 0 Å². The Kier molecular flexibility index (Phi) is 3.95. The maximum atomic E-state index is 10.2. The van der Waals surface area contributed by atoms with E-state index in [-0.39, 0.29) is 12.5 Å². The van der Waals surface area contributed by atoms with E-state index in [1.165, 1.54) is 11.3 Å². The third-order valence-corrected chi connectivity index (χ3v) is 3.77. The Balaban J connectivity index is 2.75. The smallest absolute Gasteiger partial charge is 0.0931 e. The number of rotatable bonds is 4. The van der Waals surface area contributed by atoms with Gasteiger partial charge in [0.15, 0.2) is 0 Å². The zero-order valence-electron chi connectivity index (χ0n) is 8.46. The van der Waals surface area contributed by atoms with E-state index in [2.05, 4.69) is 0 Å². The van der Waals surface area contributed by atoms with Crippen LogP contribution in [0.5, 0.6) is 0 Å². The van der Waals surface area contributed by atoms with E-state index in [1.54, 1.807) is 0 Å². The fourth-order valence-electron chi connectivity index (χ4n) is 1.26. The fourth-order valence-corrected chi connectivity index (χ4v) is 2.47. The summed E-state index contributed by atoms with van der Waals surface area (Å²) in [7, 11) is 0. The van der Waals surface area contributed by atoms with Gasteiger partial charge in [-0.25, -0.2) is 0 Å². The van der Waals surface area contributed by atoms with Gasteiger partial charge >= 0.3 is 0 Å². The second-order valence-electron chi connectivity index (χ2n) is 3.84. The number of hydrogen-bond donors (Lipinski definition) is 2. The van der Waals surface area contributed by atoms with Crippen LogP contribution in [0.4, 0.5) is 0 Å². The summed E-state index contributed by atoms with van der Waals surface area (Å²) in [5, 5.41) is 10.2. The van der Waals surface area contributed by atoms with Gasteiger partial charge in [-0.1, -0.05) is 25.4 Å². The molecule has 0 fully saturated rings. The van der Waals surface area contributed by atoms with E-state index >= 15 is 0 Å². The average Bonchev–Trinajstić information content (AvgIpc) is 2.50. The molecule has 1 heterocycles. The summed E-state index contributed by atoms with van der Waals surface area (Å²) in [6.45, 7) is 4.23. The molecule has 14 heavy (non-hydrogen) atoms. The summed E-state index contributed by atoms with van der Waals surface area (Å²) in [5.41, 5.74) is 4.77. The summed E-state index contributed by atoms with van der Waals surface area (Å²) in [5.74, 6) is 0.147. The van der Waals surface area contributed by atoms with E-state index < -0.39 is 5.60 Å². The lowest BCUT2D eigenvalue weighted by atomic mass is 9.87. The van der Waals surface area contributed by atoms with Crippen LogP contribution in [0.1, 0.15) is 18.7 Å². The van der Waals surface area contributed by atoms with Crippen LogP contribution in [0.15, 0.2) is 12.1 Å². The summed E-state index contributed by atoms with van der Waals surface area (Å²) in [4.78, 5) is 1.08. The van der Waals surface area contributed by atoms with Gasteiger partial charge in [0.25, 0.3) is 0 Å². The van der Waals surface area contributed by atoms with E-state index in [1.807, 2.05) is 26.0 Å². The molecule has 0 aliphatic carbocycles. The van der Waals surface area contributed by atoms with E-state index in [9.17, 15) is 5.11 Å². The molecule has 1 atom stereocenters. The number of halogens is 1. The van der Waals surface area contributed by atoms with Crippen LogP contribution in [0, 0.1) is 5.92 Å². The number of aliphatic hydroxyl groups is 1. The number of thiophene rings is 1. The topological polar surface area (TPSA) is 46.2 Å². The average molecular weight is 234 g/mol. The highest BCUT2D eigenvalue weighted by molar-refractivity contribution is 7.16. The van der Waals surface area contributed by atoms with Gasteiger partial charge in [0.05, 0.1) is 9.94 Å². The second-order valence-corrected chi connectivity index (χ2v) is 5.64. The van der Waals surface area contributed by atoms with Crippen molar-refractivity contribution in [1.82, 2.24) is 0 Å². The minimum atomic E-state index is -0.811. The van der Waals surface area contributed by atoms with Crippen molar-refractivity contribution < 1.29 is 5.11 Å². The SMILES string of the molecule is CC(C)C(O)(CN)Cc1ccc(Cl)s1. The van der Waals surface area contributed by atoms with Crippen LogP contribution in [0.2, 0.25) is 4.34 Å². The lowest BCUT2D eigenvalue weighted by molar-refractivity contribution is 0.00479. The van der Waals surface area contributed by atoms with Crippen molar-refractivity contribution in [3.8, 4) is 0 Å². The highest BCUT2D eigenvalue weighted by Gasteiger charge is 2.30. The number of nitrogens with two attached hydrogens (primary N) is 1. The first-order chi connectivity index (χ1) is 6.48. The molecule has 4 heteroatoms. The predicted octanol–water partition coefficient (Wildman–Crippen LogP) is 2.29. The molecule has 0 aliphatic rings. The normalized spacial score (nSPS) is 15.9. The highest BCUT2D eigenvalue weighted by atomic mass is 35.5. The summed E-state index contributed by atoms with van der Waals surface area (Å²) >= 11 is 7.31. The van der Waals surface area contributed by atoms with Crippen molar-refractivity contribution in [2.24, 2.45) is 11.7 Å². The first kappa shape index (κ1) is 12.0. The molecule has 0 amide bonds. The Bertz CT molecular complexity index is 300. The third kappa shape index (κ3) is 2.70. The van der Waals surface area contributed by atoms with Gasteiger partial charge in [-0.05, 0) is 18.1 Å². The highest BCUT2D eigenvalue weighted by Crippen LogP contribution is 2.28. The summed E-state index contributed by atoms with van der Waals surface area (Å²) < 4.78 is 0.753. The van der Waals surface area contributed by atoms with Crippen molar-refractivity contribution >= 4 is 22.9 Å². The van der Waals surface area contributed by atoms with Crippen LogP contribution in [-0.4, -0.2) is 17.3 Å². The monoisotopic (exact) mass is 233 g/mol. The molecule has 1 aromatic rings. The largest absolute Gasteiger partial charge is 0.388 e. The van der Waals surface area contributed by atoms with E-state index in [4.69, 9.17) is 17.3 Å². The Hall–Kier alpha value is -0.0900. The Labute approximate surface area is 93.7 Å². The molecular weight excluding hydrogens is 218 g/mol. The summed E-state index contributed by atoms with van der Waals surface area (Å²) in [6, 6.07) is 3.79. The Morgan fingerprint density at radius 1 is 1.57 bits per heavy atom. The molecule has 0 bridgehead atoms. The van der Waals surface area contributed by atoms with Gasteiger partial charge in [0.2, 0.25) is 0 Å². The minimum Gasteiger partial charge on any atom is -0.388 e. The van der Waals surface area contributed by atoms with Crippen LogP contribution in [0.25, 0.3) is 0 Å². The van der Waals surface area contributed by atoms with E-state index in [0.29, 0.717) is 6.42 Å². The molecule has 1 rings (SSSR count). The number of hydrogen-bond acceptors (Lipinski definition) is 3. The van der Waals surface area contributed by atoms with Crippen LogP contribution < -0.4 is 5.73 Å². The van der Waals surface area contributed by atoms with Gasteiger partial charge in [0.1, 0.15) is 0 Å². The molecule has 0 radical (unpaired) electrons. The van der Waals surface area contributed by atoms with Gasteiger partial charge in [-0.3, -0.25) is 0 Å². The summed E-state index contributed by atoms with van der Waals surface area (Å²) in [6.07, 6.45) is 0.582. The Morgan fingerprint density at radius 3 is 2.57 bits per heavy atom. The maximum Gasteiger partial charge on any atom is 0.0931 e. The van der Waals surface area contributed by atoms with Crippen molar-refractivity contribution in [2.45, 2.75) is 25.9 Å². The van der Waals surface area contributed by atoms with Gasteiger partial charge in [0, 0.05) is 17.8 Å². The zero-order valence-corrected chi connectivity index (χ0v) is 10.0. The quantitative estimate of drug-likeness (QED) is 0.838. The standard InChI is InChI=1S/C10H16ClNOS/c1-7(2)10(13,6-12)5-8-3-4-9(11)14-8/h3-4,7,13H,5-6,12H2,1-2H3. The molecule has 1 unspecified atom stereocenters. The molecule has 0 aromatic carbocycles. The molecular formula is C10H16ClNOS. The molecule has 0 saturated carbocycles. The lowest BCUT2D eigenvalue weighted by Crippen LogP contribution is -2.44. The van der Waals surface area contributed by atoms with E-state index in [0.717, 1.165) is 9.21 Å². The molecule has 0 saturated heterocycles. The third-order valence-electron chi connectivity index (χ3n) is 2.54. The molecule has 3 N–H and O–H groups in total. The first-order valence-corrected chi connectivity index (χ1v) is 5.84. The lowest BCUT2D eigenvalue weighted by Gasteiger charge is -2.30. The van der Waals surface area contributed by atoms with Gasteiger partial charge in [-0.15, -0.1) is 11.3 Å². The van der Waals surface area contributed by atoms with Crippen LogP contribution in [-0.2, 0) is 6.42 Å². The fraction of sp³-hybridized carbons (Fsp3) is 0.600. The van der Waals surface area contributed by atoms with Crippen molar-refractivity contribution in [1.29, 1.82) is 0 Å². The molecule has 0 spiro atoms. The van der Waals surface area contributed by atoms with Crippen molar-refractivity contribution in [3.63, 3.8) is 0 Å². The van der Waals surface area contributed by atoms with Crippen molar-refractivity contribution in [3.05, 3.63) is 21.3 Å². The van der Waals surface area contributed by atoms with Gasteiger partial charge < -0.3 is 10.8 Å². The molecule has 0 aliphatic heterocycles. The zero-order chi connectivity index (χ0) is 10.8. The Morgan fingerprint density at radius 2 is 2.21 bits per heavy atom. The van der Waals surface area contributed by atoms with Crippen molar-refractivity contribution in [2.75, 3.05) is 6.54 Å². The maximum absolute atomic E-state index is 10.2. The second kappa shape index (κ2) is 4.62. The molecule has 1 aromatic heterocycles.